The highest BCUT2D eigenvalue weighted by atomic mass is 16.4. The van der Waals surface area contributed by atoms with Crippen molar-refractivity contribution in [3.05, 3.63) is 0 Å². The summed E-state index contributed by atoms with van der Waals surface area (Å²) in [5.74, 6) is -1.48. The van der Waals surface area contributed by atoms with E-state index in [1.807, 2.05) is 0 Å². The zero-order valence-electron chi connectivity index (χ0n) is 11.0. The monoisotopic (exact) mass is 244 g/mol. The fraction of sp³-hybridized carbons (Fsp3) is 0.833. The molecule has 2 amide bonds. The van der Waals surface area contributed by atoms with E-state index in [-0.39, 0.29) is 12.1 Å². The normalized spacial score (nSPS) is 13.8. The summed E-state index contributed by atoms with van der Waals surface area (Å²) < 4.78 is 0. The zero-order chi connectivity index (χ0) is 13.3. The molecule has 0 aromatic heterocycles. The van der Waals surface area contributed by atoms with Crippen molar-refractivity contribution < 1.29 is 14.7 Å². The Balaban J connectivity index is 3.67. The molecule has 0 heterocycles. The summed E-state index contributed by atoms with van der Waals surface area (Å²) in [5, 5.41) is 14.1. The lowest BCUT2D eigenvalue weighted by Gasteiger charge is -2.18. The molecule has 0 aromatic carbocycles. The number of carboxylic acid groups (broad SMARTS) is 1. The topological polar surface area (TPSA) is 78.4 Å². The van der Waals surface area contributed by atoms with Gasteiger partial charge in [-0.2, -0.15) is 0 Å². The fourth-order valence-electron chi connectivity index (χ4n) is 1.35. The number of hydrogen-bond donors (Lipinski definition) is 3. The number of nitrogens with one attached hydrogen (secondary N) is 2. The second-order valence-corrected chi connectivity index (χ2v) is 4.38. The lowest BCUT2D eigenvalue weighted by Crippen LogP contribution is -2.45. The van der Waals surface area contributed by atoms with Gasteiger partial charge in [0, 0.05) is 12.6 Å². The molecule has 3 N–H and O–H groups in total. The minimum atomic E-state index is -0.902. The summed E-state index contributed by atoms with van der Waals surface area (Å²) in [4.78, 5) is 22.1. The molecule has 0 saturated heterocycles. The summed E-state index contributed by atoms with van der Waals surface area (Å²) in [5.41, 5.74) is 0. The Hall–Kier alpha value is -1.26. The Labute approximate surface area is 103 Å². The molecule has 0 radical (unpaired) electrons. The molecule has 0 fully saturated rings. The van der Waals surface area contributed by atoms with Crippen molar-refractivity contribution in [3.63, 3.8) is 0 Å². The van der Waals surface area contributed by atoms with Gasteiger partial charge in [0.2, 0.25) is 0 Å². The van der Waals surface area contributed by atoms with Crippen LogP contribution >= 0.6 is 0 Å². The summed E-state index contributed by atoms with van der Waals surface area (Å²) in [6.45, 7) is 6.04. The Bertz CT molecular complexity index is 244. The minimum Gasteiger partial charge on any atom is -0.481 e. The first-order chi connectivity index (χ1) is 7.99. The first kappa shape index (κ1) is 15.7. The van der Waals surface area contributed by atoms with Crippen LogP contribution in [0.15, 0.2) is 0 Å². The second-order valence-electron chi connectivity index (χ2n) is 4.38. The van der Waals surface area contributed by atoms with Crippen LogP contribution in [0.5, 0.6) is 0 Å². The summed E-state index contributed by atoms with van der Waals surface area (Å²) in [6, 6.07) is -0.662. The number of hydrogen-bond acceptors (Lipinski definition) is 2. The van der Waals surface area contributed by atoms with E-state index in [4.69, 9.17) is 5.11 Å². The number of amides is 2. The molecule has 0 saturated carbocycles. The maximum absolute atomic E-state index is 11.4. The van der Waals surface area contributed by atoms with Crippen molar-refractivity contribution in [2.75, 3.05) is 6.54 Å². The van der Waals surface area contributed by atoms with Gasteiger partial charge in [0.15, 0.2) is 0 Å². The summed E-state index contributed by atoms with van der Waals surface area (Å²) >= 11 is 0. The van der Waals surface area contributed by atoms with Gasteiger partial charge in [-0.25, -0.2) is 4.79 Å². The number of carboxylic acids is 1. The molecule has 2 atom stereocenters. The summed E-state index contributed by atoms with van der Waals surface area (Å²) in [7, 11) is 0. The van der Waals surface area contributed by atoms with Crippen LogP contribution in [0.4, 0.5) is 4.79 Å². The van der Waals surface area contributed by atoms with Crippen LogP contribution in [0, 0.1) is 5.92 Å². The molecule has 5 nitrogen and oxygen atoms in total. The van der Waals surface area contributed by atoms with Gasteiger partial charge in [-0.15, -0.1) is 0 Å². The molecule has 0 rings (SSSR count). The molecule has 0 aliphatic heterocycles. The number of carbonyl (C=O) groups is 2. The molecule has 0 bridgehead atoms. The minimum absolute atomic E-state index is 0.290. The average molecular weight is 244 g/mol. The van der Waals surface area contributed by atoms with E-state index in [9.17, 15) is 9.59 Å². The predicted molar refractivity (Wildman–Crippen MR) is 66.9 cm³/mol. The van der Waals surface area contributed by atoms with Crippen LogP contribution in [0.25, 0.3) is 0 Å². The lowest BCUT2D eigenvalue weighted by atomic mass is 10.0. The van der Waals surface area contributed by atoms with E-state index >= 15 is 0 Å². The number of urea groups is 1. The van der Waals surface area contributed by atoms with Crippen molar-refractivity contribution in [2.45, 2.75) is 52.5 Å². The molecule has 100 valence electrons. The third-order valence-electron chi connectivity index (χ3n) is 2.81. The zero-order valence-corrected chi connectivity index (χ0v) is 11.0. The lowest BCUT2D eigenvalue weighted by molar-refractivity contribution is -0.141. The smallest absolute Gasteiger partial charge is 0.315 e. The van der Waals surface area contributed by atoms with Crippen molar-refractivity contribution in [2.24, 2.45) is 5.92 Å². The standard InChI is InChI=1S/C12H24N2O3/c1-4-5-6-7-8-13-12(17)14-10(3)9(2)11(15)16/h9-10H,4-8H2,1-3H3,(H,15,16)(H2,13,14,17). The predicted octanol–water partition coefficient (Wildman–Crippen LogP) is 1.98. The Morgan fingerprint density at radius 2 is 1.82 bits per heavy atom. The van der Waals surface area contributed by atoms with Gasteiger partial charge in [0.25, 0.3) is 0 Å². The van der Waals surface area contributed by atoms with E-state index < -0.39 is 11.9 Å². The van der Waals surface area contributed by atoms with Crippen LogP contribution in [0.3, 0.4) is 0 Å². The van der Waals surface area contributed by atoms with Gasteiger partial charge in [0.1, 0.15) is 0 Å². The maximum Gasteiger partial charge on any atom is 0.315 e. The molecule has 5 heteroatoms. The first-order valence-corrected chi connectivity index (χ1v) is 6.26. The van der Waals surface area contributed by atoms with Crippen LogP contribution in [0.2, 0.25) is 0 Å². The molecule has 0 aromatic rings. The molecular formula is C12H24N2O3. The SMILES string of the molecule is CCCCCCNC(=O)NC(C)C(C)C(=O)O. The van der Waals surface area contributed by atoms with E-state index in [1.165, 1.54) is 12.8 Å². The number of unbranched alkanes of at least 4 members (excludes halogenated alkanes) is 3. The van der Waals surface area contributed by atoms with Gasteiger partial charge in [-0.1, -0.05) is 26.2 Å². The highest BCUT2D eigenvalue weighted by Crippen LogP contribution is 2.02. The fourth-order valence-corrected chi connectivity index (χ4v) is 1.35. The summed E-state index contributed by atoms with van der Waals surface area (Å²) in [6.07, 6.45) is 4.41. The Kier molecular flexibility index (Phi) is 8.19. The number of carbonyl (C=O) groups excluding carboxylic acids is 1. The van der Waals surface area contributed by atoms with Crippen molar-refractivity contribution in [3.8, 4) is 0 Å². The van der Waals surface area contributed by atoms with Crippen LogP contribution in [0.1, 0.15) is 46.5 Å². The first-order valence-electron chi connectivity index (χ1n) is 6.26. The highest BCUT2D eigenvalue weighted by Gasteiger charge is 2.20. The van der Waals surface area contributed by atoms with Crippen molar-refractivity contribution in [1.82, 2.24) is 10.6 Å². The van der Waals surface area contributed by atoms with Gasteiger partial charge in [0.05, 0.1) is 5.92 Å². The second kappa shape index (κ2) is 8.84. The Morgan fingerprint density at radius 3 is 2.35 bits per heavy atom. The van der Waals surface area contributed by atoms with Crippen molar-refractivity contribution in [1.29, 1.82) is 0 Å². The maximum atomic E-state index is 11.4. The largest absolute Gasteiger partial charge is 0.481 e. The average Bonchev–Trinajstić information content (AvgIpc) is 2.27. The molecule has 17 heavy (non-hydrogen) atoms. The molecular weight excluding hydrogens is 220 g/mol. The third-order valence-corrected chi connectivity index (χ3v) is 2.81. The van der Waals surface area contributed by atoms with Crippen LogP contribution < -0.4 is 10.6 Å². The van der Waals surface area contributed by atoms with E-state index in [0.29, 0.717) is 6.54 Å². The van der Waals surface area contributed by atoms with Crippen LogP contribution in [-0.4, -0.2) is 29.7 Å². The number of rotatable bonds is 8. The number of aliphatic carboxylic acids is 1. The van der Waals surface area contributed by atoms with Gasteiger partial charge in [-0.3, -0.25) is 4.79 Å². The van der Waals surface area contributed by atoms with Gasteiger partial charge < -0.3 is 15.7 Å². The molecule has 2 unspecified atom stereocenters. The molecule has 0 aliphatic rings. The van der Waals surface area contributed by atoms with E-state index in [1.54, 1.807) is 13.8 Å². The quantitative estimate of drug-likeness (QED) is 0.571. The van der Waals surface area contributed by atoms with E-state index in [2.05, 4.69) is 17.6 Å². The highest BCUT2D eigenvalue weighted by molar-refractivity contribution is 5.76. The van der Waals surface area contributed by atoms with Gasteiger partial charge in [-0.05, 0) is 20.3 Å². The van der Waals surface area contributed by atoms with Crippen LogP contribution in [-0.2, 0) is 4.79 Å². The Morgan fingerprint density at radius 1 is 1.18 bits per heavy atom. The molecule has 0 aliphatic carbocycles. The third kappa shape index (κ3) is 7.60. The molecule has 0 spiro atoms. The van der Waals surface area contributed by atoms with Gasteiger partial charge >= 0.3 is 12.0 Å². The van der Waals surface area contributed by atoms with E-state index in [0.717, 1.165) is 12.8 Å². The van der Waals surface area contributed by atoms with Crippen molar-refractivity contribution >= 4 is 12.0 Å².